The Bertz CT molecular complexity index is 1040. The number of aromatic amines is 1. The van der Waals surface area contributed by atoms with Crippen LogP contribution in [0.3, 0.4) is 0 Å². The Balaban J connectivity index is 1.56. The smallest absolute Gasteiger partial charge is 0.363 e. The van der Waals surface area contributed by atoms with Crippen molar-refractivity contribution < 1.29 is 17.6 Å². The molecule has 0 radical (unpaired) electrons. The molecule has 0 fully saturated rings. The first-order chi connectivity index (χ1) is 13.7. The summed E-state index contributed by atoms with van der Waals surface area (Å²) < 4.78 is 53.1. The predicted molar refractivity (Wildman–Crippen MR) is 96.9 cm³/mol. The fourth-order valence-corrected chi connectivity index (χ4v) is 3.63. The Morgan fingerprint density at radius 2 is 2.07 bits per heavy atom. The van der Waals surface area contributed by atoms with Crippen LogP contribution < -0.4 is 21.4 Å². The summed E-state index contributed by atoms with van der Waals surface area (Å²) in [5, 5.41) is 7.59. The molecule has 0 spiro atoms. The number of benzene rings is 1. The van der Waals surface area contributed by atoms with E-state index in [9.17, 15) is 22.4 Å². The number of hydrazine groups is 2. The van der Waals surface area contributed by atoms with Crippen LogP contribution in [0.15, 0.2) is 40.6 Å². The summed E-state index contributed by atoms with van der Waals surface area (Å²) >= 11 is 6.05. The van der Waals surface area contributed by atoms with E-state index in [1.807, 2.05) is 4.90 Å². The van der Waals surface area contributed by atoms with E-state index in [1.165, 1.54) is 6.20 Å². The number of alkyl halides is 3. The van der Waals surface area contributed by atoms with E-state index in [4.69, 9.17) is 11.6 Å². The number of H-pyrrole nitrogens is 1. The molecule has 154 valence electrons. The van der Waals surface area contributed by atoms with E-state index >= 15 is 0 Å². The lowest BCUT2D eigenvalue weighted by molar-refractivity contribution is -0.138. The van der Waals surface area contributed by atoms with Crippen LogP contribution in [-0.2, 0) is 12.7 Å². The molecule has 0 unspecified atom stereocenters. The summed E-state index contributed by atoms with van der Waals surface area (Å²) in [6.45, 7) is 0.743. The average molecular weight is 431 g/mol. The summed E-state index contributed by atoms with van der Waals surface area (Å²) in [6, 6.07) is 2.64. The van der Waals surface area contributed by atoms with Gasteiger partial charge in [0.25, 0.3) is 5.56 Å². The second kappa shape index (κ2) is 7.23. The molecule has 29 heavy (non-hydrogen) atoms. The van der Waals surface area contributed by atoms with Crippen molar-refractivity contribution in [1.82, 2.24) is 26.2 Å². The fraction of sp³-hybridized carbons (Fsp3) is 0.294. The zero-order valence-corrected chi connectivity index (χ0v) is 15.5. The lowest BCUT2D eigenvalue weighted by atomic mass is 10.1. The summed E-state index contributed by atoms with van der Waals surface area (Å²) in [4.78, 5) is 13.5. The van der Waals surface area contributed by atoms with Gasteiger partial charge in [0, 0.05) is 13.0 Å². The van der Waals surface area contributed by atoms with E-state index in [-0.39, 0.29) is 17.1 Å². The molecule has 3 heterocycles. The Labute approximate surface area is 166 Å². The lowest BCUT2D eigenvalue weighted by Gasteiger charge is -2.31. The molecule has 0 amide bonds. The quantitative estimate of drug-likeness (QED) is 0.650. The van der Waals surface area contributed by atoms with Crippen LogP contribution in [0.4, 0.5) is 23.2 Å². The minimum Gasteiger partial charge on any atom is -0.363 e. The number of hydrogen-bond donors (Lipinski definition) is 3. The molecule has 4 rings (SSSR count). The molecule has 12 heteroatoms. The second-order valence-electron chi connectivity index (χ2n) is 6.62. The van der Waals surface area contributed by atoms with Crippen molar-refractivity contribution in [3.05, 3.63) is 68.1 Å². The van der Waals surface area contributed by atoms with E-state index in [1.54, 1.807) is 5.01 Å². The summed E-state index contributed by atoms with van der Waals surface area (Å²) in [5.41, 5.74) is 6.22. The van der Waals surface area contributed by atoms with Crippen molar-refractivity contribution in [2.75, 3.05) is 18.0 Å². The standard InChI is InChI=1S/C17H15ClF4N6O/c18-15-14(6-23-25-16(15)29)27-4-3-13-12(8-27)24-26-28(13)7-9-1-2-10(19)5-11(9)17(20,21)22/h1-2,5-6,24,26H,3-4,7-8H2,(H,25,29). The fourth-order valence-electron chi connectivity index (χ4n) is 3.42. The van der Waals surface area contributed by atoms with Crippen molar-refractivity contribution in [3.8, 4) is 0 Å². The molecule has 0 saturated heterocycles. The first-order valence-electron chi connectivity index (χ1n) is 8.59. The molecular weight excluding hydrogens is 416 g/mol. The number of anilines is 1. The number of halogens is 5. The van der Waals surface area contributed by atoms with Gasteiger partial charge in [-0.2, -0.15) is 18.3 Å². The number of nitrogens with one attached hydrogen (secondary N) is 3. The van der Waals surface area contributed by atoms with Crippen LogP contribution in [0.5, 0.6) is 0 Å². The topological polar surface area (TPSA) is 76.3 Å². The van der Waals surface area contributed by atoms with E-state index in [0.717, 1.165) is 23.5 Å². The van der Waals surface area contributed by atoms with Gasteiger partial charge < -0.3 is 10.3 Å². The van der Waals surface area contributed by atoms with E-state index in [0.29, 0.717) is 31.3 Å². The van der Waals surface area contributed by atoms with Gasteiger partial charge in [-0.05, 0) is 17.7 Å². The van der Waals surface area contributed by atoms with E-state index in [2.05, 4.69) is 21.2 Å². The van der Waals surface area contributed by atoms with Gasteiger partial charge in [0.15, 0.2) is 0 Å². The normalized spacial score (nSPS) is 16.9. The van der Waals surface area contributed by atoms with Crippen molar-refractivity contribution in [2.24, 2.45) is 0 Å². The van der Waals surface area contributed by atoms with Crippen LogP contribution in [0.2, 0.25) is 5.02 Å². The molecule has 7 nitrogen and oxygen atoms in total. The van der Waals surface area contributed by atoms with Crippen molar-refractivity contribution in [3.63, 3.8) is 0 Å². The van der Waals surface area contributed by atoms with Crippen molar-refractivity contribution >= 4 is 17.3 Å². The van der Waals surface area contributed by atoms with Crippen LogP contribution in [-0.4, -0.2) is 28.3 Å². The minimum absolute atomic E-state index is 0.0213. The molecule has 2 aromatic rings. The van der Waals surface area contributed by atoms with Gasteiger partial charge in [0.2, 0.25) is 0 Å². The third-order valence-corrected chi connectivity index (χ3v) is 5.17. The van der Waals surface area contributed by atoms with E-state index < -0.39 is 23.1 Å². The lowest BCUT2D eigenvalue weighted by Crippen LogP contribution is -2.38. The second-order valence-corrected chi connectivity index (χ2v) is 7.00. The third-order valence-electron chi connectivity index (χ3n) is 4.81. The van der Waals surface area contributed by atoms with Crippen molar-refractivity contribution in [2.45, 2.75) is 19.1 Å². The highest BCUT2D eigenvalue weighted by Crippen LogP contribution is 2.35. The zero-order valence-electron chi connectivity index (χ0n) is 14.8. The molecule has 0 atom stereocenters. The summed E-state index contributed by atoms with van der Waals surface area (Å²) in [5.74, 6) is -0.940. The number of hydrogen-bond acceptors (Lipinski definition) is 6. The molecule has 0 saturated carbocycles. The Morgan fingerprint density at radius 3 is 2.83 bits per heavy atom. The van der Waals surface area contributed by atoms with Crippen LogP contribution >= 0.6 is 11.6 Å². The number of nitrogens with zero attached hydrogens (tertiary/aromatic N) is 3. The summed E-state index contributed by atoms with van der Waals surface area (Å²) in [6.07, 6.45) is -2.72. The molecule has 0 aliphatic carbocycles. The summed E-state index contributed by atoms with van der Waals surface area (Å²) in [7, 11) is 0. The molecule has 1 aromatic heterocycles. The average Bonchev–Trinajstić information content (AvgIpc) is 3.06. The maximum atomic E-state index is 13.3. The minimum atomic E-state index is -4.66. The Morgan fingerprint density at radius 1 is 1.28 bits per heavy atom. The molecule has 3 N–H and O–H groups in total. The van der Waals surface area contributed by atoms with Crippen molar-refractivity contribution in [1.29, 1.82) is 0 Å². The molecule has 0 bridgehead atoms. The maximum absolute atomic E-state index is 13.3. The van der Waals surface area contributed by atoms with Gasteiger partial charge in [-0.25, -0.2) is 9.49 Å². The monoisotopic (exact) mass is 430 g/mol. The van der Waals surface area contributed by atoms with Gasteiger partial charge in [-0.3, -0.25) is 9.80 Å². The highest BCUT2D eigenvalue weighted by Gasteiger charge is 2.35. The van der Waals surface area contributed by atoms with Crippen LogP contribution in [0, 0.1) is 5.82 Å². The third kappa shape index (κ3) is 3.75. The van der Waals surface area contributed by atoms with Gasteiger partial charge in [-0.1, -0.05) is 17.7 Å². The number of rotatable bonds is 3. The zero-order chi connectivity index (χ0) is 20.8. The molecule has 2 aliphatic heterocycles. The predicted octanol–water partition coefficient (Wildman–Crippen LogP) is 2.53. The first kappa shape index (κ1) is 19.5. The number of aromatic nitrogens is 2. The highest BCUT2D eigenvalue weighted by atomic mass is 35.5. The maximum Gasteiger partial charge on any atom is 0.416 e. The first-order valence-corrected chi connectivity index (χ1v) is 8.97. The highest BCUT2D eigenvalue weighted by molar-refractivity contribution is 6.33. The van der Waals surface area contributed by atoms with Gasteiger partial charge in [-0.15, -0.1) is 5.53 Å². The van der Waals surface area contributed by atoms with Crippen LogP contribution in [0.25, 0.3) is 0 Å². The van der Waals surface area contributed by atoms with Crippen LogP contribution in [0.1, 0.15) is 17.5 Å². The SMILES string of the molecule is O=c1[nH]ncc(N2CCC3=C(C2)NNN3Cc2ccc(F)cc2C(F)(F)F)c1Cl. The molecule has 1 aromatic carbocycles. The van der Waals surface area contributed by atoms with Gasteiger partial charge >= 0.3 is 6.18 Å². The Hall–Kier alpha value is -2.79. The van der Waals surface area contributed by atoms with Gasteiger partial charge in [0.1, 0.15) is 10.8 Å². The Kier molecular flexibility index (Phi) is 4.87. The molecule has 2 aliphatic rings. The largest absolute Gasteiger partial charge is 0.416 e. The van der Waals surface area contributed by atoms with Gasteiger partial charge in [0.05, 0.1) is 41.9 Å². The molecular formula is C17H15ClF4N6O.